The van der Waals surface area contributed by atoms with Crippen LogP contribution in [0.2, 0.25) is 0 Å². The van der Waals surface area contributed by atoms with Gasteiger partial charge in [0.1, 0.15) is 12.4 Å². The minimum absolute atomic E-state index is 0.107. The van der Waals surface area contributed by atoms with E-state index in [1.807, 2.05) is 13.8 Å². The number of hydrogen-bond acceptors (Lipinski definition) is 6. The van der Waals surface area contributed by atoms with E-state index >= 15 is 0 Å². The van der Waals surface area contributed by atoms with Gasteiger partial charge < -0.3 is 19.4 Å². The molecule has 4 fully saturated rings. The van der Waals surface area contributed by atoms with Gasteiger partial charge in [0.15, 0.2) is 0 Å². The molecule has 41 heavy (non-hydrogen) atoms. The minimum Gasteiger partial charge on any atom is -0.461 e. The molecule has 0 radical (unpaired) electrons. The maximum atomic E-state index is 12.7. The van der Waals surface area contributed by atoms with Crippen LogP contribution in [0.25, 0.3) is 0 Å². The van der Waals surface area contributed by atoms with Crippen LogP contribution >= 0.6 is 0 Å². The molecule has 0 amide bonds. The molecule has 0 bridgehead atoms. The number of aliphatic hydroxyl groups excluding tert-OH is 2. The lowest BCUT2D eigenvalue weighted by atomic mass is 9.60. The smallest absolute Gasteiger partial charge is 0.306 e. The molecule has 4 aliphatic rings. The first-order valence-electron chi connectivity index (χ1n) is 16.1. The van der Waals surface area contributed by atoms with Crippen molar-refractivity contribution in [2.75, 3.05) is 0 Å². The highest BCUT2D eigenvalue weighted by Gasteiger charge is 2.57. The number of allylic oxidation sites excluding steroid dienone is 3. The molecule has 6 heteroatoms. The van der Waals surface area contributed by atoms with Crippen molar-refractivity contribution in [1.29, 1.82) is 0 Å². The Morgan fingerprint density at radius 3 is 2.71 bits per heavy atom. The molecule has 1 heterocycles. The zero-order valence-electron chi connectivity index (χ0n) is 25.7. The van der Waals surface area contributed by atoms with Gasteiger partial charge in [0, 0.05) is 12.8 Å². The zero-order chi connectivity index (χ0) is 29.4. The van der Waals surface area contributed by atoms with Crippen LogP contribution < -0.4 is 0 Å². The summed E-state index contributed by atoms with van der Waals surface area (Å²) in [6.07, 6.45) is 16.8. The third-order valence-corrected chi connectivity index (χ3v) is 11.1. The molecule has 5 rings (SSSR count). The predicted molar refractivity (Wildman–Crippen MR) is 160 cm³/mol. The molecule has 2 N–H and O–H groups in total. The summed E-state index contributed by atoms with van der Waals surface area (Å²) in [5.74, 6) is 2.35. The number of esters is 1. The highest BCUT2D eigenvalue weighted by Crippen LogP contribution is 2.60. The molecule has 1 aromatic rings. The molecule has 4 saturated carbocycles. The van der Waals surface area contributed by atoms with Crippen molar-refractivity contribution in [3.05, 3.63) is 53.3 Å². The van der Waals surface area contributed by atoms with E-state index in [0.29, 0.717) is 37.0 Å². The molecular weight excluding hydrogens is 514 g/mol. The third-order valence-electron chi connectivity index (χ3n) is 11.1. The number of aromatic nitrogens is 1. The predicted octanol–water partition coefficient (Wildman–Crippen LogP) is 7.28. The van der Waals surface area contributed by atoms with Crippen LogP contribution in [0.3, 0.4) is 0 Å². The second kappa shape index (κ2) is 12.2. The van der Waals surface area contributed by atoms with E-state index in [9.17, 15) is 15.0 Å². The molecule has 1 aromatic heterocycles. The van der Waals surface area contributed by atoms with Crippen molar-refractivity contribution in [3.8, 4) is 0 Å². The number of rotatable bonds is 10. The van der Waals surface area contributed by atoms with Crippen molar-refractivity contribution in [2.45, 2.75) is 135 Å². The molecule has 0 aliphatic heterocycles. The Hall–Kier alpha value is -2.18. The number of ether oxygens (including phenoxy) is 1. The Morgan fingerprint density at radius 1 is 1.24 bits per heavy atom. The summed E-state index contributed by atoms with van der Waals surface area (Å²) < 4.78 is 12.0. The van der Waals surface area contributed by atoms with E-state index in [0.717, 1.165) is 61.3 Å². The average molecular weight is 566 g/mol. The topological polar surface area (TPSA) is 92.8 Å². The summed E-state index contributed by atoms with van der Waals surface area (Å²) in [6.45, 7) is 13.0. The molecule has 4 aliphatic carbocycles. The maximum absolute atomic E-state index is 12.7. The van der Waals surface area contributed by atoms with Crippen molar-refractivity contribution >= 4 is 5.97 Å². The third kappa shape index (κ3) is 6.15. The summed E-state index contributed by atoms with van der Waals surface area (Å²) in [7, 11) is 0. The Labute approximate surface area is 246 Å². The Kier molecular flexibility index (Phi) is 9.01. The van der Waals surface area contributed by atoms with Gasteiger partial charge in [-0.25, -0.2) is 4.98 Å². The summed E-state index contributed by atoms with van der Waals surface area (Å²) in [4.78, 5) is 17.3. The van der Waals surface area contributed by atoms with Crippen molar-refractivity contribution in [2.24, 2.45) is 23.2 Å². The van der Waals surface area contributed by atoms with Crippen molar-refractivity contribution in [3.63, 3.8) is 0 Å². The van der Waals surface area contributed by atoms with E-state index in [1.54, 1.807) is 6.26 Å². The lowest BCUT2D eigenvalue weighted by Crippen LogP contribution is -2.37. The second-order valence-corrected chi connectivity index (χ2v) is 13.9. The van der Waals surface area contributed by atoms with Crippen molar-refractivity contribution in [1.82, 2.24) is 4.98 Å². The highest BCUT2D eigenvalue weighted by atomic mass is 16.5. The van der Waals surface area contributed by atoms with Gasteiger partial charge in [-0.2, -0.15) is 0 Å². The molecule has 0 spiro atoms. The lowest BCUT2D eigenvalue weighted by Gasteiger charge is -2.44. The van der Waals surface area contributed by atoms with Gasteiger partial charge in [-0.3, -0.25) is 4.79 Å². The van der Waals surface area contributed by atoms with Gasteiger partial charge in [0.2, 0.25) is 5.89 Å². The first kappa shape index (κ1) is 30.3. The number of aryl methyl sites for hydroxylation is 1. The quantitative estimate of drug-likeness (QED) is 0.290. The maximum Gasteiger partial charge on any atom is 0.306 e. The van der Waals surface area contributed by atoms with E-state index in [4.69, 9.17) is 9.15 Å². The van der Waals surface area contributed by atoms with Gasteiger partial charge >= 0.3 is 5.97 Å². The number of aliphatic hydroxyl groups is 2. The van der Waals surface area contributed by atoms with Crippen LogP contribution in [0.15, 0.2) is 46.1 Å². The van der Waals surface area contributed by atoms with Gasteiger partial charge in [0.05, 0.1) is 23.3 Å². The van der Waals surface area contributed by atoms with Crippen molar-refractivity contribution < 1.29 is 24.2 Å². The van der Waals surface area contributed by atoms with E-state index in [-0.39, 0.29) is 22.9 Å². The molecule has 0 saturated heterocycles. The molecule has 226 valence electrons. The van der Waals surface area contributed by atoms with Gasteiger partial charge in [-0.1, -0.05) is 45.1 Å². The van der Waals surface area contributed by atoms with Crippen LogP contribution in [0, 0.1) is 30.1 Å². The van der Waals surface area contributed by atoms with Crippen LogP contribution in [0.5, 0.6) is 0 Å². The van der Waals surface area contributed by atoms with Crippen LogP contribution in [0.1, 0.15) is 116 Å². The fourth-order valence-corrected chi connectivity index (χ4v) is 8.56. The van der Waals surface area contributed by atoms with E-state index < -0.39 is 12.2 Å². The molecule has 6 nitrogen and oxygen atoms in total. The number of hydrogen-bond donors (Lipinski definition) is 2. The number of fused-ring (bicyclic) bond motifs is 1. The van der Waals surface area contributed by atoms with E-state index in [2.05, 4.69) is 37.6 Å². The normalized spacial score (nSPS) is 34.4. The summed E-state index contributed by atoms with van der Waals surface area (Å²) in [5, 5.41) is 20.4. The first-order chi connectivity index (χ1) is 19.6. The number of oxazole rings is 1. The Bertz CT molecular complexity index is 1170. The van der Waals surface area contributed by atoms with Gasteiger partial charge in [-0.15, -0.1) is 0 Å². The SMILES string of the molecule is C=C1/C(=C\C=C2/CCC[C@]3(C)[C@@H]([C@H](C)CC[C@H](OC(=O)CCC)C4(c5nc(C)co5)CC4)CC[C@@H]23)C[C@@H](O)C[C@@H]1O. The monoisotopic (exact) mass is 565 g/mol. The van der Waals surface area contributed by atoms with Gasteiger partial charge in [-0.05, 0) is 112 Å². The Balaban J connectivity index is 1.28. The number of nitrogens with zero attached hydrogens (tertiary/aromatic N) is 1. The molecular formula is C35H51NO5. The van der Waals surface area contributed by atoms with Crippen LogP contribution in [-0.2, 0) is 14.9 Å². The second-order valence-electron chi connectivity index (χ2n) is 13.9. The summed E-state index contributed by atoms with van der Waals surface area (Å²) in [6, 6.07) is 0. The molecule has 0 aromatic carbocycles. The standard InChI is InChI=1S/C35H51NO5/c1-6-8-32(39)41-31(35(17-18-35)33-36-23(3)21-40-33)15-10-22(2)28-13-14-29-25(9-7-16-34(28,29)5)11-12-26-19-27(37)20-30(38)24(26)4/h11-12,21-22,27-31,37-38H,4,6-10,13-20H2,1-3,5H3/b25-11+,26-12-/t22-,27-,28-,29+,30+,31+,34-/m1/s1. The number of carbonyl (C=O) groups excluding carboxylic acids is 1. The minimum atomic E-state index is -0.649. The van der Waals surface area contributed by atoms with E-state index in [1.165, 1.54) is 31.3 Å². The average Bonchev–Trinajstić information content (AvgIpc) is 3.48. The zero-order valence-corrected chi connectivity index (χ0v) is 25.7. The summed E-state index contributed by atoms with van der Waals surface area (Å²) >= 11 is 0. The van der Waals surface area contributed by atoms with Crippen LogP contribution in [0.4, 0.5) is 0 Å². The summed E-state index contributed by atoms with van der Waals surface area (Å²) in [5.41, 5.74) is 4.13. The first-order valence-corrected chi connectivity index (χ1v) is 16.1. The largest absolute Gasteiger partial charge is 0.461 e. The molecule has 7 atom stereocenters. The number of carbonyl (C=O) groups is 1. The Morgan fingerprint density at radius 2 is 2.02 bits per heavy atom. The highest BCUT2D eigenvalue weighted by molar-refractivity contribution is 5.69. The fourth-order valence-electron chi connectivity index (χ4n) is 8.56. The lowest BCUT2D eigenvalue weighted by molar-refractivity contribution is -0.152. The van der Waals surface area contributed by atoms with Crippen LogP contribution in [-0.4, -0.2) is 39.5 Å². The van der Waals surface area contributed by atoms with Gasteiger partial charge in [0.25, 0.3) is 0 Å². The molecule has 0 unspecified atom stereocenters. The fraction of sp³-hybridized carbons (Fsp3) is 0.714.